The molecule has 0 amide bonds. The van der Waals surface area contributed by atoms with Gasteiger partial charge in [-0.1, -0.05) is 6.07 Å². The lowest BCUT2D eigenvalue weighted by Gasteiger charge is -2.46. The molecule has 0 aliphatic carbocycles. The maximum absolute atomic E-state index is 9.60. The second kappa shape index (κ2) is 9.85. The summed E-state index contributed by atoms with van der Waals surface area (Å²) in [5, 5.41) is 9.60. The number of nitrogens with zero attached hydrogens (tertiary/aromatic N) is 4. The van der Waals surface area contributed by atoms with Crippen LogP contribution in [-0.4, -0.2) is 76.2 Å². The summed E-state index contributed by atoms with van der Waals surface area (Å²) >= 11 is 0. The van der Waals surface area contributed by atoms with Gasteiger partial charge in [0.2, 0.25) is 0 Å². The number of hydrogen-bond acceptors (Lipinski definition) is 6. The van der Waals surface area contributed by atoms with Gasteiger partial charge in [0.15, 0.2) is 0 Å². The van der Waals surface area contributed by atoms with E-state index in [1.54, 1.807) is 0 Å². The van der Waals surface area contributed by atoms with Gasteiger partial charge >= 0.3 is 0 Å². The molecule has 2 aromatic rings. The Bertz CT molecular complexity index is 742. The van der Waals surface area contributed by atoms with Crippen molar-refractivity contribution < 1.29 is 9.52 Å². The normalized spacial score (nSPS) is 22.9. The van der Waals surface area contributed by atoms with E-state index in [-0.39, 0.29) is 6.61 Å². The predicted molar refractivity (Wildman–Crippen MR) is 113 cm³/mol. The van der Waals surface area contributed by atoms with E-state index in [0.29, 0.717) is 12.1 Å². The van der Waals surface area contributed by atoms with Gasteiger partial charge in [0.05, 0.1) is 12.2 Å². The molecule has 0 radical (unpaired) electrons. The topological polar surface area (TPSA) is 56.0 Å². The zero-order chi connectivity index (χ0) is 20.1. The summed E-state index contributed by atoms with van der Waals surface area (Å²) in [6.45, 7) is 9.50. The summed E-state index contributed by atoms with van der Waals surface area (Å²) in [6, 6.07) is 11.3. The highest BCUT2D eigenvalue weighted by atomic mass is 16.3. The van der Waals surface area contributed by atoms with Gasteiger partial charge in [0.1, 0.15) is 11.5 Å². The number of aromatic nitrogens is 1. The average Bonchev–Trinajstić information content (AvgIpc) is 3.15. The molecule has 0 bridgehead atoms. The van der Waals surface area contributed by atoms with Crippen LogP contribution in [0.1, 0.15) is 36.5 Å². The molecule has 1 atom stereocenters. The largest absolute Gasteiger partial charge is 0.465 e. The molecule has 1 N–H and O–H groups in total. The van der Waals surface area contributed by atoms with Gasteiger partial charge in [-0.3, -0.25) is 19.7 Å². The van der Waals surface area contributed by atoms with E-state index in [1.807, 2.05) is 25.3 Å². The molecule has 6 nitrogen and oxygen atoms in total. The fourth-order valence-corrected chi connectivity index (χ4v) is 4.81. The van der Waals surface area contributed by atoms with E-state index in [2.05, 4.69) is 37.9 Å². The van der Waals surface area contributed by atoms with Crippen molar-refractivity contribution in [1.29, 1.82) is 0 Å². The Balaban J connectivity index is 1.28. The van der Waals surface area contributed by atoms with Gasteiger partial charge < -0.3 is 9.52 Å². The number of aryl methyl sites for hydroxylation is 1. The van der Waals surface area contributed by atoms with E-state index in [9.17, 15) is 5.11 Å². The van der Waals surface area contributed by atoms with Gasteiger partial charge in [-0.2, -0.15) is 0 Å². The molecule has 2 saturated heterocycles. The molecule has 0 aromatic carbocycles. The van der Waals surface area contributed by atoms with Gasteiger partial charge in [0.25, 0.3) is 0 Å². The third-order valence-corrected chi connectivity index (χ3v) is 6.44. The lowest BCUT2D eigenvalue weighted by atomic mass is 9.99. The van der Waals surface area contributed by atoms with Crippen LogP contribution in [-0.2, 0) is 13.1 Å². The van der Waals surface area contributed by atoms with E-state index in [1.165, 1.54) is 12.8 Å². The number of aliphatic hydroxyl groups is 1. The molecular weight excluding hydrogens is 364 g/mol. The molecular formula is C23H34N4O2. The average molecular weight is 399 g/mol. The van der Waals surface area contributed by atoms with Crippen molar-refractivity contribution in [3.05, 3.63) is 53.7 Å². The van der Waals surface area contributed by atoms with Gasteiger partial charge in [0, 0.05) is 64.2 Å². The molecule has 158 valence electrons. The van der Waals surface area contributed by atoms with E-state index in [0.717, 1.165) is 69.4 Å². The molecule has 4 heterocycles. The second-order valence-corrected chi connectivity index (χ2v) is 8.47. The molecule has 29 heavy (non-hydrogen) atoms. The van der Waals surface area contributed by atoms with Gasteiger partial charge in [-0.15, -0.1) is 0 Å². The van der Waals surface area contributed by atoms with Crippen molar-refractivity contribution in [3.63, 3.8) is 0 Å². The summed E-state index contributed by atoms with van der Waals surface area (Å²) in [5.41, 5.74) is 1.16. The van der Waals surface area contributed by atoms with E-state index < -0.39 is 0 Å². The number of piperazine rings is 1. The smallest absolute Gasteiger partial charge is 0.118 e. The Morgan fingerprint density at radius 2 is 1.93 bits per heavy atom. The summed E-state index contributed by atoms with van der Waals surface area (Å²) in [5.74, 6) is 2.00. The fraction of sp³-hybridized carbons (Fsp3) is 0.609. The first-order valence-corrected chi connectivity index (χ1v) is 11.0. The van der Waals surface area contributed by atoms with Crippen LogP contribution in [0.4, 0.5) is 0 Å². The third-order valence-electron chi connectivity index (χ3n) is 6.44. The number of hydrogen-bond donors (Lipinski definition) is 1. The Hall–Kier alpha value is -1.73. The minimum atomic E-state index is 0.245. The van der Waals surface area contributed by atoms with Crippen LogP contribution in [0.5, 0.6) is 0 Å². The molecule has 2 aliphatic heterocycles. The first-order chi connectivity index (χ1) is 14.2. The molecule has 2 aliphatic rings. The molecule has 2 aromatic heterocycles. The first kappa shape index (κ1) is 20.5. The molecule has 0 spiro atoms. The fourth-order valence-electron chi connectivity index (χ4n) is 4.81. The minimum absolute atomic E-state index is 0.245. The number of furan rings is 1. The molecule has 4 rings (SSSR count). The third kappa shape index (κ3) is 5.45. The van der Waals surface area contributed by atoms with Crippen LogP contribution in [0.3, 0.4) is 0 Å². The highest BCUT2D eigenvalue weighted by Gasteiger charge is 2.32. The van der Waals surface area contributed by atoms with Crippen LogP contribution >= 0.6 is 0 Å². The summed E-state index contributed by atoms with van der Waals surface area (Å²) in [6.07, 6.45) is 5.15. The minimum Gasteiger partial charge on any atom is -0.465 e. The monoisotopic (exact) mass is 398 g/mol. The lowest BCUT2D eigenvalue weighted by Crippen LogP contribution is -2.57. The summed E-state index contributed by atoms with van der Waals surface area (Å²) < 4.78 is 5.79. The van der Waals surface area contributed by atoms with Crippen LogP contribution in [0.25, 0.3) is 0 Å². The van der Waals surface area contributed by atoms with E-state index >= 15 is 0 Å². The van der Waals surface area contributed by atoms with Crippen molar-refractivity contribution in [1.82, 2.24) is 19.7 Å². The quantitative estimate of drug-likeness (QED) is 0.774. The number of likely N-dealkylation sites (tertiary alicyclic amines) is 1. The Morgan fingerprint density at radius 3 is 2.62 bits per heavy atom. The summed E-state index contributed by atoms with van der Waals surface area (Å²) in [4.78, 5) is 12.2. The van der Waals surface area contributed by atoms with Crippen molar-refractivity contribution in [3.8, 4) is 0 Å². The zero-order valence-corrected chi connectivity index (χ0v) is 17.5. The summed E-state index contributed by atoms with van der Waals surface area (Å²) in [7, 11) is 0. The maximum Gasteiger partial charge on any atom is 0.118 e. The molecule has 0 saturated carbocycles. The first-order valence-electron chi connectivity index (χ1n) is 11.0. The molecule has 2 fully saturated rings. The SMILES string of the molecule is Cc1ccc(CN2CCN(C3CCN(Cc4ccccn4)CC3)C[C@H]2CCO)o1. The van der Waals surface area contributed by atoms with Crippen LogP contribution in [0.2, 0.25) is 0 Å². The predicted octanol–water partition coefficient (Wildman–Crippen LogP) is 2.52. The number of pyridine rings is 1. The van der Waals surface area contributed by atoms with Crippen LogP contribution in [0.15, 0.2) is 40.9 Å². The highest BCUT2D eigenvalue weighted by molar-refractivity contribution is 5.06. The molecule has 0 unspecified atom stereocenters. The number of rotatable bonds is 7. The van der Waals surface area contributed by atoms with Crippen LogP contribution in [0, 0.1) is 6.92 Å². The highest BCUT2D eigenvalue weighted by Crippen LogP contribution is 2.24. The van der Waals surface area contributed by atoms with Crippen molar-refractivity contribution >= 4 is 0 Å². The van der Waals surface area contributed by atoms with Crippen LogP contribution < -0.4 is 0 Å². The lowest BCUT2D eigenvalue weighted by molar-refractivity contribution is 0.00950. The van der Waals surface area contributed by atoms with E-state index in [4.69, 9.17) is 4.42 Å². The second-order valence-electron chi connectivity index (χ2n) is 8.47. The van der Waals surface area contributed by atoms with Crippen molar-refractivity contribution in [2.45, 2.75) is 51.4 Å². The van der Waals surface area contributed by atoms with Gasteiger partial charge in [-0.05, 0) is 50.5 Å². The Labute approximate surface area is 174 Å². The Morgan fingerprint density at radius 1 is 1.07 bits per heavy atom. The molecule has 6 heteroatoms. The number of piperidine rings is 1. The van der Waals surface area contributed by atoms with Crippen molar-refractivity contribution in [2.24, 2.45) is 0 Å². The van der Waals surface area contributed by atoms with Crippen molar-refractivity contribution in [2.75, 3.05) is 39.3 Å². The number of aliphatic hydroxyl groups excluding tert-OH is 1. The zero-order valence-electron chi connectivity index (χ0n) is 17.5. The Kier molecular flexibility index (Phi) is 6.98. The van der Waals surface area contributed by atoms with Gasteiger partial charge in [-0.25, -0.2) is 0 Å². The maximum atomic E-state index is 9.60. The standard InChI is InChI=1S/C23H34N4O2/c1-19-5-6-23(29-19)18-27-14-13-26(17-22(27)9-15-28)21-7-11-25(12-8-21)16-20-4-2-3-10-24-20/h2-6,10,21-22,28H,7-9,11-18H2,1H3/t22-/m1/s1.